The van der Waals surface area contributed by atoms with Crippen molar-refractivity contribution in [2.24, 2.45) is 5.41 Å². The van der Waals surface area contributed by atoms with Gasteiger partial charge in [-0.3, -0.25) is 4.79 Å². The number of piperidine rings is 1. The van der Waals surface area contributed by atoms with Crippen LogP contribution in [0.15, 0.2) is 30.5 Å². The molecule has 0 atom stereocenters. The maximum Gasteiger partial charge on any atom is 0.254 e. The maximum atomic E-state index is 12.6. The Hall–Kier alpha value is -1.85. The highest BCUT2D eigenvalue weighted by Gasteiger charge is 2.27. The topological polar surface area (TPSA) is 59.0 Å². The number of aromatic nitrogens is 2. The molecule has 2 heterocycles. The fourth-order valence-electron chi connectivity index (χ4n) is 3.27. The van der Waals surface area contributed by atoms with E-state index >= 15 is 0 Å². The summed E-state index contributed by atoms with van der Waals surface area (Å²) in [5, 5.41) is 10.9. The molecule has 5 nitrogen and oxygen atoms in total. The summed E-state index contributed by atoms with van der Waals surface area (Å²) in [5.41, 5.74) is 3.85. The van der Waals surface area contributed by atoms with Gasteiger partial charge in [-0.1, -0.05) is 25.1 Å². The summed E-state index contributed by atoms with van der Waals surface area (Å²) in [4.78, 5) is 12.6. The van der Waals surface area contributed by atoms with Gasteiger partial charge in [-0.05, 0) is 56.8 Å². The van der Waals surface area contributed by atoms with Gasteiger partial charge in [0.05, 0.1) is 23.1 Å². The van der Waals surface area contributed by atoms with Crippen LogP contribution in [0.1, 0.15) is 41.4 Å². The Morgan fingerprint density at radius 2 is 1.96 bits per heavy atom. The zero-order valence-electron chi connectivity index (χ0n) is 15.1. The molecule has 1 amide bonds. The summed E-state index contributed by atoms with van der Waals surface area (Å²) in [7, 11) is 0. The van der Waals surface area contributed by atoms with Gasteiger partial charge in [0.2, 0.25) is 0 Å². The van der Waals surface area contributed by atoms with Crippen LogP contribution in [0.4, 0.5) is 0 Å². The van der Waals surface area contributed by atoms with E-state index < -0.39 is 0 Å². The van der Waals surface area contributed by atoms with Crippen LogP contribution in [0.25, 0.3) is 5.69 Å². The lowest BCUT2D eigenvalue weighted by atomic mass is 9.81. The monoisotopic (exact) mass is 362 g/mol. The van der Waals surface area contributed by atoms with Crippen LogP contribution in [-0.2, 0) is 0 Å². The molecule has 1 saturated heterocycles. The molecule has 1 fully saturated rings. The highest BCUT2D eigenvalue weighted by Crippen LogP contribution is 2.27. The van der Waals surface area contributed by atoms with E-state index in [1.165, 1.54) is 0 Å². The van der Waals surface area contributed by atoms with Crippen molar-refractivity contribution in [3.05, 3.63) is 47.3 Å². The van der Waals surface area contributed by atoms with E-state index in [0.29, 0.717) is 12.1 Å². The van der Waals surface area contributed by atoms with E-state index in [1.807, 2.05) is 42.8 Å². The lowest BCUT2D eigenvalue weighted by Crippen LogP contribution is -2.43. The lowest BCUT2D eigenvalue weighted by molar-refractivity contribution is 0.0921. The van der Waals surface area contributed by atoms with E-state index in [0.717, 1.165) is 42.9 Å². The first-order valence-electron chi connectivity index (χ1n) is 8.60. The second-order valence-electron chi connectivity index (χ2n) is 7.09. The third-order valence-corrected chi connectivity index (χ3v) is 5.08. The Labute approximate surface area is 155 Å². The number of carbonyl (C=O) groups is 1. The number of nitrogens with one attached hydrogen (secondary N) is 2. The fourth-order valence-corrected chi connectivity index (χ4v) is 3.27. The predicted molar refractivity (Wildman–Crippen MR) is 103 cm³/mol. The van der Waals surface area contributed by atoms with Gasteiger partial charge in [0.1, 0.15) is 0 Å². The van der Waals surface area contributed by atoms with Crippen molar-refractivity contribution in [3.8, 4) is 5.69 Å². The molecule has 1 aliphatic rings. The second-order valence-corrected chi connectivity index (χ2v) is 7.09. The average molecular weight is 363 g/mol. The molecule has 0 spiro atoms. The van der Waals surface area contributed by atoms with Gasteiger partial charge in [-0.25, -0.2) is 4.68 Å². The van der Waals surface area contributed by atoms with Crippen LogP contribution < -0.4 is 10.6 Å². The molecule has 0 aliphatic carbocycles. The van der Waals surface area contributed by atoms with Crippen molar-refractivity contribution in [3.63, 3.8) is 0 Å². The molecule has 1 aromatic heterocycles. The minimum absolute atomic E-state index is 0. The van der Waals surface area contributed by atoms with Gasteiger partial charge in [0.25, 0.3) is 5.91 Å². The van der Waals surface area contributed by atoms with Crippen LogP contribution >= 0.6 is 12.4 Å². The number of amides is 1. The largest absolute Gasteiger partial charge is 0.351 e. The van der Waals surface area contributed by atoms with Crippen molar-refractivity contribution in [1.29, 1.82) is 0 Å². The molecule has 3 rings (SSSR count). The predicted octanol–water partition coefficient (Wildman–Crippen LogP) is 3.03. The molecule has 2 aromatic rings. The zero-order valence-corrected chi connectivity index (χ0v) is 15.9. The Morgan fingerprint density at radius 3 is 2.64 bits per heavy atom. The van der Waals surface area contributed by atoms with Crippen molar-refractivity contribution in [2.45, 2.75) is 33.6 Å². The molecular weight excluding hydrogens is 336 g/mol. The Morgan fingerprint density at radius 1 is 1.28 bits per heavy atom. The summed E-state index contributed by atoms with van der Waals surface area (Å²) in [6, 6.07) is 8.06. The van der Waals surface area contributed by atoms with E-state index in [9.17, 15) is 4.79 Å². The maximum absolute atomic E-state index is 12.6. The third-order valence-electron chi connectivity index (χ3n) is 5.08. The van der Waals surface area contributed by atoms with Gasteiger partial charge < -0.3 is 10.6 Å². The van der Waals surface area contributed by atoms with E-state index in [1.54, 1.807) is 6.20 Å². The molecule has 1 aliphatic heterocycles. The first-order chi connectivity index (χ1) is 11.5. The quantitative estimate of drug-likeness (QED) is 0.878. The van der Waals surface area contributed by atoms with E-state index in [2.05, 4.69) is 22.7 Å². The van der Waals surface area contributed by atoms with E-state index in [-0.39, 0.29) is 23.7 Å². The molecule has 1 aromatic carbocycles. The minimum atomic E-state index is -0.0351. The average Bonchev–Trinajstić information content (AvgIpc) is 2.95. The van der Waals surface area contributed by atoms with Gasteiger partial charge in [0, 0.05) is 6.54 Å². The Kier molecular flexibility index (Phi) is 6.25. The normalized spacial score (nSPS) is 16.1. The summed E-state index contributed by atoms with van der Waals surface area (Å²) >= 11 is 0. The number of nitrogens with zero attached hydrogens (tertiary/aromatic N) is 2. The second kappa shape index (κ2) is 8.02. The van der Waals surface area contributed by atoms with Crippen LogP contribution in [0.5, 0.6) is 0 Å². The van der Waals surface area contributed by atoms with Crippen LogP contribution in [0.2, 0.25) is 0 Å². The zero-order chi connectivity index (χ0) is 17.2. The molecule has 136 valence electrons. The molecule has 6 heteroatoms. The lowest BCUT2D eigenvalue weighted by Gasteiger charge is -2.34. The summed E-state index contributed by atoms with van der Waals surface area (Å²) in [6.07, 6.45) is 3.85. The molecule has 0 radical (unpaired) electrons. The van der Waals surface area contributed by atoms with Crippen molar-refractivity contribution in [2.75, 3.05) is 19.6 Å². The Bertz CT molecular complexity index is 735. The highest BCUT2D eigenvalue weighted by molar-refractivity contribution is 5.95. The first-order valence-corrected chi connectivity index (χ1v) is 8.60. The van der Waals surface area contributed by atoms with Crippen LogP contribution in [0.3, 0.4) is 0 Å². The van der Waals surface area contributed by atoms with Crippen molar-refractivity contribution in [1.82, 2.24) is 20.4 Å². The number of hydrogen-bond donors (Lipinski definition) is 2. The fraction of sp³-hybridized carbons (Fsp3) is 0.474. The van der Waals surface area contributed by atoms with Crippen molar-refractivity contribution < 1.29 is 4.79 Å². The summed E-state index contributed by atoms with van der Waals surface area (Å²) in [5.74, 6) is -0.0351. The molecule has 2 N–H and O–H groups in total. The molecular formula is C19H27ClN4O. The SMILES string of the molecule is Cc1ccccc1-n1ncc(C(=O)NCC2(C)CCNCC2)c1C.Cl. The van der Waals surface area contributed by atoms with Crippen LogP contribution in [-0.4, -0.2) is 35.3 Å². The standard InChI is InChI=1S/C19H26N4O.ClH/c1-14-6-4-5-7-17(14)23-15(2)16(12-22-23)18(24)21-13-19(3)8-10-20-11-9-19;/h4-7,12,20H,8-11,13H2,1-3H3,(H,21,24);1H. The van der Waals surface area contributed by atoms with Gasteiger partial charge in [-0.2, -0.15) is 5.10 Å². The smallest absolute Gasteiger partial charge is 0.254 e. The number of aryl methyl sites for hydroxylation is 1. The Balaban J connectivity index is 0.00000225. The molecule has 25 heavy (non-hydrogen) atoms. The molecule has 0 unspecified atom stereocenters. The number of halogens is 1. The number of hydrogen-bond acceptors (Lipinski definition) is 3. The number of rotatable bonds is 4. The van der Waals surface area contributed by atoms with Crippen molar-refractivity contribution >= 4 is 18.3 Å². The third kappa shape index (κ3) is 4.22. The van der Waals surface area contributed by atoms with Gasteiger partial charge in [0.15, 0.2) is 0 Å². The molecule has 0 saturated carbocycles. The van der Waals surface area contributed by atoms with Crippen LogP contribution in [0, 0.1) is 19.3 Å². The summed E-state index contributed by atoms with van der Waals surface area (Å²) < 4.78 is 1.84. The van der Waals surface area contributed by atoms with Gasteiger partial charge in [-0.15, -0.1) is 12.4 Å². The highest BCUT2D eigenvalue weighted by atomic mass is 35.5. The first kappa shape index (κ1) is 19.5. The number of benzene rings is 1. The summed E-state index contributed by atoms with van der Waals surface area (Å²) in [6.45, 7) is 9.00. The minimum Gasteiger partial charge on any atom is -0.351 e. The number of para-hydroxylation sites is 1. The van der Waals surface area contributed by atoms with E-state index in [4.69, 9.17) is 0 Å². The molecule has 0 bridgehead atoms. The number of carbonyl (C=O) groups excluding carboxylic acids is 1. The van der Waals surface area contributed by atoms with Gasteiger partial charge >= 0.3 is 0 Å².